The number of hydrogen-bond acceptors (Lipinski definition) is 7. The van der Waals surface area contributed by atoms with Crippen LogP contribution in [0.1, 0.15) is 25.0 Å². The minimum absolute atomic E-state index is 0.00777. The third-order valence-corrected chi connectivity index (χ3v) is 5.52. The molecule has 7 nitrogen and oxygen atoms in total. The number of benzene rings is 2. The van der Waals surface area contributed by atoms with Gasteiger partial charge in [0.1, 0.15) is 22.1 Å². The molecule has 0 unspecified atom stereocenters. The van der Waals surface area contributed by atoms with Crippen molar-refractivity contribution in [2.24, 2.45) is 4.99 Å². The van der Waals surface area contributed by atoms with E-state index in [0.717, 1.165) is 23.7 Å². The monoisotopic (exact) mass is 453 g/mol. The van der Waals surface area contributed by atoms with Crippen LogP contribution in [0.4, 0.5) is 5.69 Å². The van der Waals surface area contributed by atoms with Gasteiger partial charge in [0.2, 0.25) is 0 Å². The summed E-state index contributed by atoms with van der Waals surface area (Å²) in [6.07, 6.45) is 2.52. The normalized spacial score (nSPS) is 15.9. The Kier molecular flexibility index (Phi) is 7.72. The molecule has 0 radical (unpaired) electrons. The lowest BCUT2D eigenvalue weighted by molar-refractivity contribution is -0.139. The summed E-state index contributed by atoms with van der Waals surface area (Å²) in [6.45, 7) is 3.40. The largest absolute Gasteiger partial charge is 0.506 e. The second-order valence-electron chi connectivity index (χ2n) is 6.71. The average Bonchev–Trinajstić information content (AvgIpc) is 3.08. The van der Waals surface area contributed by atoms with Crippen LogP contribution in [0, 0.1) is 0 Å². The molecule has 1 heterocycles. The second-order valence-corrected chi connectivity index (χ2v) is 7.74. The number of para-hydroxylation sites is 1. The maximum atomic E-state index is 12.5. The number of carboxylic acid groups (broad SMARTS) is 1. The summed E-state index contributed by atoms with van der Waals surface area (Å²) in [7, 11) is 0. The summed E-state index contributed by atoms with van der Waals surface area (Å²) in [6, 6.07) is 14.4. The van der Waals surface area contributed by atoms with E-state index in [0.29, 0.717) is 26.9 Å². The van der Waals surface area contributed by atoms with Gasteiger partial charge in [-0.05, 0) is 43.2 Å². The lowest BCUT2D eigenvalue weighted by Crippen LogP contribution is -2.12. The van der Waals surface area contributed by atoms with E-state index in [1.54, 1.807) is 37.3 Å². The highest BCUT2D eigenvalue weighted by Gasteiger charge is 2.33. The molecular weight excluding hydrogens is 430 g/mol. The first-order chi connectivity index (χ1) is 15.4. The quantitative estimate of drug-likeness (QED) is 0.547. The number of esters is 1. The molecule has 1 aliphatic heterocycles. The summed E-state index contributed by atoms with van der Waals surface area (Å²) in [5.41, 5.74) is 2.35. The van der Waals surface area contributed by atoms with Crippen LogP contribution >= 0.6 is 11.8 Å². The van der Waals surface area contributed by atoms with Crippen LogP contribution in [0.2, 0.25) is 0 Å². The van der Waals surface area contributed by atoms with Gasteiger partial charge < -0.3 is 19.7 Å². The van der Waals surface area contributed by atoms with Gasteiger partial charge in [-0.15, -0.1) is 0 Å². The molecule has 8 heteroatoms. The highest BCUT2D eigenvalue weighted by molar-refractivity contribution is 8.18. The van der Waals surface area contributed by atoms with Gasteiger partial charge in [-0.25, -0.2) is 14.6 Å². The molecule has 2 aromatic rings. The van der Waals surface area contributed by atoms with Gasteiger partial charge in [0, 0.05) is 5.56 Å². The predicted octanol–water partition coefficient (Wildman–Crippen LogP) is 4.91. The molecule has 0 aliphatic carbocycles. The van der Waals surface area contributed by atoms with Crippen LogP contribution < -0.4 is 4.74 Å². The third-order valence-electron chi connectivity index (χ3n) is 4.50. The van der Waals surface area contributed by atoms with Crippen molar-refractivity contribution in [3.05, 3.63) is 75.9 Å². The number of rotatable bonds is 8. The molecule has 1 aliphatic rings. The van der Waals surface area contributed by atoms with Gasteiger partial charge >= 0.3 is 11.9 Å². The standard InChI is InChI=1S/C24H23NO6S/c1-3-15-9-11-17(12-10-15)25-23-21(24(29)30-4-2)22(28)19(32-23)13-16-7-5-6-8-18(16)31-14-20(26)27/h5-13,28H,3-4,14H2,1-2H3,(H,26,27)/b19-13+,25-23?. The first-order valence-corrected chi connectivity index (χ1v) is 10.9. The molecule has 0 saturated carbocycles. The maximum Gasteiger partial charge on any atom is 0.344 e. The zero-order chi connectivity index (χ0) is 23.1. The summed E-state index contributed by atoms with van der Waals surface area (Å²) in [5, 5.41) is 20.0. The molecule has 0 bridgehead atoms. The Labute approximate surface area is 190 Å². The Bertz CT molecular complexity index is 1100. The van der Waals surface area contributed by atoms with Gasteiger partial charge in [0.15, 0.2) is 6.61 Å². The SMILES string of the molecule is CCOC(=O)C1=C(O)/C(=C\c2ccccc2OCC(=O)O)SC1=Nc1ccc(CC)cc1. The Balaban J connectivity index is 2.00. The first-order valence-electron chi connectivity index (χ1n) is 10.0. The number of aliphatic imine (C=N–C) groups is 1. The molecule has 0 aromatic heterocycles. The molecule has 0 atom stereocenters. The van der Waals surface area contributed by atoms with Crippen molar-refractivity contribution < 1.29 is 29.3 Å². The number of aliphatic hydroxyl groups is 1. The molecule has 0 spiro atoms. The van der Waals surface area contributed by atoms with E-state index in [4.69, 9.17) is 14.6 Å². The molecule has 166 valence electrons. The van der Waals surface area contributed by atoms with Crippen LogP contribution in [-0.4, -0.2) is 40.4 Å². The highest BCUT2D eigenvalue weighted by atomic mass is 32.2. The van der Waals surface area contributed by atoms with Gasteiger partial charge in [-0.2, -0.15) is 0 Å². The Morgan fingerprint density at radius 1 is 1.09 bits per heavy atom. The molecule has 3 rings (SSSR count). The van der Waals surface area contributed by atoms with Crippen molar-refractivity contribution in [1.82, 2.24) is 0 Å². The lowest BCUT2D eigenvalue weighted by atomic mass is 10.1. The highest BCUT2D eigenvalue weighted by Crippen LogP contribution is 2.41. The number of carboxylic acids is 1. The number of aliphatic carboxylic acids is 1. The Morgan fingerprint density at radius 2 is 1.81 bits per heavy atom. The molecular formula is C24H23NO6S. The minimum Gasteiger partial charge on any atom is -0.506 e. The van der Waals surface area contributed by atoms with Gasteiger partial charge in [-0.1, -0.05) is 49.0 Å². The zero-order valence-corrected chi connectivity index (χ0v) is 18.5. The van der Waals surface area contributed by atoms with E-state index in [-0.39, 0.29) is 17.9 Å². The zero-order valence-electron chi connectivity index (χ0n) is 17.7. The third kappa shape index (κ3) is 5.59. The fourth-order valence-electron chi connectivity index (χ4n) is 2.93. The van der Waals surface area contributed by atoms with Crippen LogP contribution in [0.5, 0.6) is 5.75 Å². The van der Waals surface area contributed by atoms with E-state index in [1.165, 1.54) is 0 Å². The number of carbonyl (C=O) groups is 2. The molecule has 2 aromatic carbocycles. The van der Waals surface area contributed by atoms with Crippen molar-refractivity contribution in [1.29, 1.82) is 0 Å². The fraction of sp³-hybridized carbons (Fsp3) is 0.208. The Hall–Kier alpha value is -3.52. The Morgan fingerprint density at radius 3 is 2.47 bits per heavy atom. The van der Waals surface area contributed by atoms with Crippen molar-refractivity contribution in [2.75, 3.05) is 13.2 Å². The van der Waals surface area contributed by atoms with E-state index in [2.05, 4.69) is 11.9 Å². The van der Waals surface area contributed by atoms with E-state index < -0.39 is 18.5 Å². The summed E-state index contributed by atoms with van der Waals surface area (Å²) < 4.78 is 10.4. The van der Waals surface area contributed by atoms with E-state index >= 15 is 0 Å². The fourth-order valence-corrected chi connectivity index (χ4v) is 3.95. The lowest BCUT2D eigenvalue weighted by Gasteiger charge is -2.07. The van der Waals surface area contributed by atoms with E-state index in [1.807, 2.05) is 24.3 Å². The smallest absolute Gasteiger partial charge is 0.344 e. The van der Waals surface area contributed by atoms with Crippen molar-refractivity contribution >= 4 is 40.5 Å². The van der Waals surface area contributed by atoms with Crippen LogP contribution in [0.3, 0.4) is 0 Å². The van der Waals surface area contributed by atoms with Crippen LogP contribution in [0.15, 0.2) is 69.8 Å². The van der Waals surface area contributed by atoms with Crippen LogP contribution in [-0.2, 0) is 20.7 Å². The number of ether oxygens (including phenoxy) is 2. The summed E-state index contributed by atoms with van der Waals surface area (Å²) in [5.74, 6) is -1.67. The first kappa shape index (κ1) is 23.1. The predicted molar refractivity (Wildman–Crippen MR) is 124 cm³/mol. The number of hydrogen-bond donors (Lipinski definition) is 2. The number of nitrogens with zero attached hydrogens (tertiary/aromatic N) is 1. The second kappa shape index (κ2) is 10.7. The average molecular weight is 454 g/mol. The minimum atomic E-state index is -1.10. The van der Waals surface area contributed by atoms with Crippen molar-refractivity contribution in [3.8, 4) is 5.75 Å². The number of aryl methyl sites for hydroxylation is 1. The topological polar surface area (TPSA) is 105 Å². The van der Waals surface area contributed by atoms with Gasteiger partial charge in [0.05, 0.1) is 17.2 Å². The maximum absolute atomic E-state index is 12.5. The summed E-state index contributed by atoms with van der Waals surface area (Å²) in [4.78, 5) is 28.3. The molecule has 2 N–H and O–H groups in total. The summed E-state index contributed by atoms with van der Waals surface area (Å²) >= 11 is 1.13. The van der Waals surface area contributed by atoms with Gasteiger partial charge in [0.25, 0.3) is 0 Å². The van der Waals surface area contributed by atoms with Crippen LogP contribution in [0.25, 0.3) is 6.08 Å². The molecule has 0 amide bonds. The number of thioether (sulfide) groups is 1. The van der Waals surface area contributed by atoms with Gasteiger partial charge in [-0.3, -0.25) is 0 Å². The number of carbonyl (C=O) groups excluding carboxylic acids is 1. The van der Waals surface area contributed by atoms with Crippen molar-refractivity contribution in [3.63, 3.8) is 0 Å². The molecule has 0 fully saturated rings. The van der Waals surface area contributed by atoms with Crippen molar-refractivity contribution in [2.45, 2.75) is 20.3 Å². The molecule has 32 heavy (non-hydrogen) atoms. The number of aliphatic hydroxyl groups excluding tert-OH is 1. The molecule has 0 saturated heterocycles. The van der Waals surface area contributed by atoms with E-state index in [9.17, 15) is 14.7 Å².